The minimum absolute atomic E-state index is 0.0312. The normalized spacial score (nSPS) is 12.7. The zero-order valence-corrected chi connectivity index (χ0v) is 13.6. The molecule has 0 bridgehead atoms. The maximum atomic E-state index is 12.4. The Hall–Kier alpha value is -1.44. The maximum absolute atomic E-state index is 12.4. The van der Waals surface area contributed by atoms with Gasteiger partial charge < -0.3 is 14.7 Å². The van der Waals surface area contributed by atoms with Crippen molar-refractivity contribution in [1.82, 2.24) is 9.21 Å². The van der Waals surface area contributed by atoms with Crippen molar-refractivity contribution in [2.75, 3.05) is 40.8 Å². The van der Waals surface area contributed by atoms with E-state index in [0.29, 0.717) is 23.8 Å². The summed E-state index contributed by atoms with van der Waals surface area (Å²) in [5.41, 5.74) is 0.0312. The van der Waals surface area contributed by atoms with Gasteiger partial charge in [-0.15, -0.1) is 0 Å². The van der Waals surface area contributed by atoms with Gasteiger partial charge in [0.1, 0.15) is 22.3 Å². The van der Waals surface area contributed by atoms with Crippen molar-refractivity contribution in [3.8, 4) is 5.75 Å². The van der Waals surface area contributed by atoms with E-state index in [9.17, 15) is 14.1 Å². The Bertz CT molecular complexity index is 520. The summed E-state index contributed by atoms with van der Waals surface area (Å²) in [6.45, 7) is 3.55. The van der Waals surface area contributed by atoms with Crippen LogP contribution in [0.2, 0.25) is 0 Å². The summed E-state index contributed by atoms with van der Waals surface area (Å²) in [6, 6.07) is 4.61. The number of hydrogen-bond donors (Lipinski definition) is 1. The molecule has 0 amide bonds. The first-order valence-corrected chi connectivity index (χ1v) is 7.75. The Morgan fingerprint density at radius 2 is 1.95 bits per heavy atom. The SMILES string of the molecule is CCOc1ccc(S(=O)N(C)CCN(C)C)cc1C(=O)O. The Morgan fingerprint density at radius 1 is 1.29 bits per heavy atom. The van der Waals surface area contributed by atoms with Crippen molar-refractivity contribution in [3.05, 3.63) is 23.8 Å². The van der Waals surface area contributed by atoms with Crippen LogP contribution in [0.5, 0.6) is 5.75 Å². The van der Waals surface area contributed by atoms with Crippen LogP contribution in [0.25, 0.3) is 0 Å². The Kier molecular flexibility index (Phi) is 6.80. The first kappa shape index (κ1) is 17.6. The molecule has 1 rings (SSSR count). The molecule has 1 aromatic carbocycles. The first-order chi connectivity index (χ1) is 9.86. The van der Waals surface area contributed by atoms with Gasteiger partial charge in [-0.2, -0.15) is 0 Å². The average Bonchev–Trinajstić information content (AvgIpc) is 2.44. The summed E-state index contributed by atoms with van der Waals surface area (Å²) in [6.07, 6.45) is 0. The minimum Gasteiger partial charge on any atom is -0.493 e. The third-order valence-electron chi connectivity index (χ3n) is 2.83. The number of rotatable bonds is 8. The lowest BCUT2D eigenvalue weighted by Gasteiger charge is -2.19. The molecule has 0 saturated heterocycles. The summed E-state index contributed by atoms with van der Waals surface area (Å²) in [5, 5.41) is 9.21. The molecule has 0 aliphatic heterocycles. The van der Waals surface area contributed by atoms with Crippen molar-refractivity contribution >= 4 is 17.0 Å². The van der Waals surface area contributed by atoms with Crippen LogP contribution < -0.4 is 4.74 Å². The minimum atomic E-state index is -1.40. The lowest BCUT2D eigenvalue weighted by molar-refractivity contribution is 0.0692. The third-order valence-corrected chi connectivity index (χ3v) is 4.23. The second kappa shape index (κ2) is 8.11. The van der Waals surface area contributed by atoms with Crippen LogP contribution in [0, 0.1) is 0 Å². The molecule has 6 nitrogen and oxygen atoms in total. The number of benzene rings is 1. The number of hydrogen-bond acceptors (Lipinski definition) is 4. The highest BCUT2D eigenvalue weighted by atomic mass is 32.2. The molecule has 1 aromatic rings. The quantitative estimate of drug-likeness (QED) is 0.783. The fraction of sp³-hybridized carbons (Fsp3) is 0.500. The van der Waals surface area contributed by atoms with Gasteiger partial charge in [0.25, 0.3) is 0 Å². The van der Waals surface area contributed by atoms with Crippen molar-refractivity contribution < 1.29 is 18.8 Å². The van der Waals surface area contributed by atoms with Gasteiger partial charge in [0.05, 0.1) is 11.5 Å². The summed E-state index contributed by atoms with van der Waals surface area (Å²) >= 11 is 0. The summed E-state index contributed by atoms with van der Waals surface area (Å²) in [5.74, 6) is -0.796. The van der Waals surface area contributed by atoms with E-state index in [1.165, 1.54) is 6.07 Å². The van der Waals surface area contributed by atoms with Crippen LogP contribution in [-0.4, -0.2) is 65.3 Å². The number of carboxylic acid groups (broad SMARTS) is 1. The molecule has 118 valence electrons. The molecule has 21 heavy (non-hydrogen) atoms. The van der Waals surface area contributed by atoms with E-state index in [-0.39, 0.29) is 5.56 Å². The zero-order chi connectivity index (χ0) is 16.0. The molecule has 0 saturated carbocycles. The molecule has 0 fully saturated rings. The van der Waals surface area contributed by atoms with E-state index in [1.54, 1.807) is 30.4 Å². The van der Waals surface area contributed by atoms with Crippen LogP contribution >= 0.6 is 0 Å². The monoisotopic (exact) mass is 314 g/mol. The fourth-order valence-corrected chi connectivity index (χ4v) is 2.68. The van der Waals surface area contributed by atoms with Crippen molar-refractivity contribution in [2.24, 2.45) is 0 Å². The van der Waals surface area contributed by atoms with E-state index in [0.717, 1.165) is 6.54 Å². The van der Waals surface area contributed by atoms with Gasteiger partial charge >= 0.3 is 5.97 Å². The van der Waals surface area contributed by atoms with E-state index >= 15 is 0 Å². The van der Waals surface area contributed by atoms with Crippen molar-refractivity contribution in [2.45, 2.75) is 11.8 Å². The largest absolute Gasteiger partial charge is 0.493 e. The van der Waals surface area contributed by atoms with Crippen LogP contribution in [0.4, 0.5) is 0 Å². The third kappa shape index (κ3) is 5.11. The first-order valence-electron chi connectivity index (χ1n) is 6.64. The van der Waals surface area contributed by atoms with Gasteiger partial charge in [-0.05, 0) is 39.2 Å². The van der Waals surface area contributed by atoms with Crippen LogP contribution in [0.3, 0.4) is 0 Å². The van der Waals surface area contributed by atoms with E-state index < -0.39 is 17.0 Å². The predicted octanol–water partition coefficient (Wildman–Crippen LogP) is 1.30. The topological polar surface area (TPSA) is 70.1 Å². The molecule has 0 spiro atoms. The Labute approximate surface area is 127 Å². The zero-order valence-electron chi connectivity index (χ0n) is 12.8. The lowest BCUT2D eigenvalue weighted by Crippen LogP contribution is -2.30. The number of ether oxygens (including phenoxy) is 1. The Balaban J connectivity index is 2.95. The number of aromatic carboxylic acids is 1. The molecular weight excluding hydrogens is 292 g/mol. The molecule has 1 unspecified atom stereocenters. The van der Waals surface area contributed by atoms with E-state index in [4.69, 9.17) is 4.74 Å². The highest BCUT2D eigenvalue weighted by Gasteiger charge is 2.17. The number of carboxylic acids is 1. The predicted molar refractivity (Wildman–Crippen MR) is 82.2 cm³/mol. The summed E-state index contributed by atoms with van der Waals surface area (Å²) in [4.78, 5) is 13.7. The molecule has 0 heterocycles. The molecule has 7 heteroatoms. The molecule has 0 aromatic heterocycles. The van der Waals surface area contributed by atoms with Gasteiger partial charge in [0.15, 0.2) is 0 Å². The van der Waals surface area contributed by atoms with Crippen molar-refractivity contribution in [3.63, 3.8) is 0 Å². The molecule has 0 aliphatic carbocycles. The van der Waals surface area contributed by atoms with Gasteiger partial charge in [0.2, 0.25) is 0 Å². The van der Waals surface area contributed by atoms with Gasteiger partial charge in [-0.25, -0.2) is 13.3 Å². The highest BCUT2D eigenvalue weighted by molar-refractivity contribution is 7.82. The number of likely N-dealkylation sites (N-methyl/N-ethyl adjacent to an activating group) is 2. The van der Waals surface area contributed by atoms with Gasteiger partial charge in [-0.3, -0.25) is 0 Å². The highest BCUT2D eigenvalue weighted by Crippen LogP contribution is 2.23. The van der Waals surface area contributed by atoms with Crippen molar-refractivity contribution in [1.29, 1.82) is 0 Å². The Morgan fingerprint density at radius 3 is 2.48 bits per heavy atom. The smallest absolute Gasteiger partial charge is 0.339 e. The molecule has 1 N–H and O–H groups in total. The average molecular weight is 314 g/mol. The number of nitrogens with zero attached hydrogens (tertiary/aromatic N) is 2. The lowest BCUT2D eigenvalue weighted by atomic mass is 10.2. The second-order valence-electron chi connectivity index (χ2n) is 4.80. The molecule has 0 radical (unpaired) electrons. The number of carbonyl (C=O) groups is 1. The van der Waals surface area contributed by atoms with Crippen LogP contribution in [0.15, 0.2) is 23.1 Å². The summed E-state index contributed by atoms with van der Waals surface area (Å²) in [7, 11) is 4.23. The summed E-state index contributed by atoms with van der Waals surface area (Å²) < 4.78 is 19.3. The van der Waals surface area contributed by atoms with E-state index in [2.05, 4.69) is 0 Å². The van der Waals surface area contributed by atoms with Crippen LogP contribution in [0.1, 0.15) is 17.3 Å². The molecular formula is C14H22N2O4S. The van der Waals surface area contributed by atoms with Gasteiger partial charge in [-0.1, -0.05) is 0 Å². The van der Waals surface area contributed by atoms with E-state index in [1.807, 2.05) is 19.0 Å². The standard InChI is InChI=1S/C14H22N2O4S/c1-5-20-13-7-6-11(10-12(13)14(17)18)21(19)16(4)9-8-15(2)3/h6-7,10H,5,8-9H2,1-4H3,(H,17,18). The fourth-order valence-electron chi connectivity index (χ4n) is 1.67. The maximum Gasteiger partial charge on any atom is 0.339 e. The molecule has 0 aliphatic rings. The van der Waals surface area contributed by atoms with Gasteiger partial charge in [0, 0.05) is 20.1 Å². The molecule has 1 atom stereocenters. The second-order valence-corrected chi connectivity index (χ2v) is 6.39. The van der Waals surface area contributed by atoms with Crippen LogP contribution in [-0.2, 0) is 11.0 Å².